The number of carbonyl (C=O) groups is 1. The third kappa shape index (κ3) is 3.34. The zero-order valence-corrected chi connectivity index (χ0v) is 13.4. The van der Waals surface area contributed by atoms with Crippen LogP contribution in [0.5, 0.6) is 0 Å². The fourth-order valence-corrected chi connectivity index (χ4v) is 2.62. The molecular formula is C16H14Cl2N2O2. The summed E-state index contributed by atoms with van der Waals surface area (Å²) in [5.74, 6) is 2.35. The monoisotopic (exact) mass is 336 g/mol. The first-order valence-corrected chi connectivity index (χ1v) is 7.68. The van der Waals surface area contributed by atoms with Gasteiger partial charge in [-0.05, 0) is 42.7 Å². The SMILES string of the molecule is C[C@H]1C[C@@H]1c1ccc(/C=N\NC(=O)c2cc(Cl)ccc2Cl)o1. The third-order valence-corrected chi connectivity index (χ3v) is 4.22. The fourth-order valence-electron chi connectivity index (χ4n) is 2.24. The van der Waals surface area contributed by atoms with Crippen LogP contribution in [-0.4, -0.2) is 12.1 Å². The van der Waals surface area contributed by atoms with Gasteiger partial charge < -0.3 is 4.42 Å². The molecule has 2 aromatic rings. The Balaban J connectivity index is 1.63. The number of nitrogens with zero attached hydrogens (tertiary/aromatic N) is 1. The highest BCUT2D eigenvalue weighted by molar-refractivity contribution is 6.35. The summed E-state index contributed by atoms with van der Waals surface area (Å²) in [4.78, 5) is 12.0. The second kappa shape index (κ2) is 6.15. The molecule has 1 heterocycles. The molecule has 6 heteroatoms. The van der Waals surface area contributed by atoms with Crippen LogP contribution in [0.2, 0.25) is 10.0 Å². The molecule has 22 heavy (non-hydrogen) atoms. The number of benzene rings is 1. The molecule has 1 saturated carbocycles. The van der Waals surface area contributed by atoms with Gasteiger partial charge in [0, 0.05) is 10.9 Å². The van der Waals surface area contributed by atoms with E-state index in [1.165, 1.54) is 12.3 Å². The molecule has 0 radical (unpaired) electrons. The van der Waals surface area contributed by atoms with Gasteiger partial charge in [-0.2, -0.15) is 5.10 Å². The quantitative estimate of drug-likeness (QED) is 0.661. The molecule has 0 spiro atoms. The highest BCUT2D eigenvalue weighted by atomic mass is 35.5. The molecule has 0 unspecified atom stereocenters. The summed E-state index contributed by atoms with van der Waals surface area (Å²) in [5.41, 5.74) is 2.68. The summed E-state index contributed by atoms with van der Waals surface area (Å²) in [5, 5.41) is 4.64. The molecule has 4 nitrogen and oxygen atoms in total. The summed E-state index contributed by atoms with van der Waals surface area (Å²) in [6.07, 6.45) is 2.63. The Hall–Kier alpha value is -1.78. The molecule has 1 N–H and O–H groups in total. The van der Waals surface area contributed by atoms with Gasteiger partial charge in [-0.1, -0.05) is 30.1 Å². The van der Waals surface area contributed by atoms with Crippen LogP contribution in [0.1, 0.15) is 41.1 Å². The summed E-state index contributed by atoms with van der Waals surface area (Å²) < 4.78 is 5.66. The van der Waals surface area contributed by atoms with Crippen LogP contribution in [0.25, 0.3) is 0 Å². The lowest BCUT2D eigenvalue weighted by atomic mass is 10.2. The second-order valence-corrected chi connectivity index (χ2v) is 6.23. The first kappa shape index (κ1) is 15.1. The largest absolute Gasteiger partial charge is 0.460 e. The molecule has 0 bridgehead atoms. The van der Waals surface area contributed by atoms with E-state index in [1.807, 2.05) is 12.1 Å². The topological polar surface area (TPSA) is 54.6 Å². The van der Waals surface area contributed by atoms with Gasteiger partial charge in [-0.25, -0.2) is 5.43 Å². The van der Waals surface area contributed by atoms with Crippen molar-refractivity contribution in [1.82, 2.24) is 5.43 Å². The summed E-state index contributed by atoms with van der Waals surface area (Å²) in [6.45, 7) is 2.19. The number of hydrogen-bond acceptors (Lipinski definition) is 3. The maximum absolute atomic E-state index is 12.0. The Morgan fingerprint density at radius 3 is 2.86 bits per heavy atom. The van der Waals surface area contributed by atoms with Crippen LogP contribution < -0.4 is 5.43 Å². The number of furan rings is 1. The highest BCUT2D eigenvalue weighted by Crippen LogP contribution is 2.47. The molecular weight excluding hydrogens is 323 g/mol. The molecule has 2 atom stereocenters. The van der Waals surface area contributed by atoms with Crippen LogP contribution in [0.15, 0.2) is 39.9 Å². The average molecular weight is 337 g/mol. The highest BCUT2D eigenvalue weighted by Gasteiger charge is 2.36. The van der Waals surface area contributed by atoms with Crippen molar-refractivity contribution in [2.75, 3.05) is 0 Å². The lowest BCUT2D eigenvalue weighted by molar-refractivity contribution is 0.0955. The predicted octanol–water partition coefficient (Wildman–Crippen LogP) is 4.47. The molecule has 1 aromatic heterocycles. The number of rotatable bonds is 4. The fraction of sp³-hybridized carbons (Fsp3) is 0.250. The maximum atomic E-state index is 12.0. The molecule has 0 aliphatic heterocycles. The van der Waals surface area contributed by atoms with E-state index in [1.54, 1.807) is 12.1 Å². The van der Waals surface area contributed by atoms with E-state index < -0.39 is 5.91 Å². The maximum Gasteiger partial charge on any atom is 0.272 e. The standard InChI is InChI=1S/C16H14Cl2N2O2/c1-9-6-12(9)15-5-3-11(22-15)8-19-20-16(21)13-7-10(17)2-4-14(13)18/h2-5,7-9,12H,6H2,1H3,(H,20,21)/b19-8-/t9-,12-/m0/s1. The number of halogens is 2. The van der Waals surface area contributed by atoms with Crippen LogP contribution in [0.3, 0.4) is 0 Å². The van der Waals surface area contributed by atoms with E-state index in [0.717, 1.165) is 12.2 Å². The average Bonchev–Trinajstić information content (AvgIpc) is 3.03. The van der Waals surface area contributed by atoms with Crippen molar-refractivity contribution in [3.05, 3.63) is 57.5 Å². The van der Waals surface area contributed by atoms with Crippen LogP contribution in [0, 0.1) is 5.92 Å². The number of amides is 1. The Morgan fingerprint density at radius 1 is 1.36 bits per heavy atom. The molecule has 3 rings (SSSR count). The van der Waals surface area contributed by atoms with Crippen LogP contribution in [0.4, 0.5) is 0 Å². The van der Waals surface area contributed by atoms with E-state index in [-0.39, 0.29) is 5.56 Å². The van der Waals surface area contributed by atoms with Gasteiger partial charge in [0.15, 0.2) is 0 Å². The Morgan fingerprint density at radius 2 is 2.14 bits per heavy atom. The number of hydrazone groups is 1. The molecule has 1 aliphatic carbocycles. The van der Waals surface area contributed by atoms with Crippen molar-refractivity contribution in [2.24, 2.45) is 11.0 Å². The zero-order valence-electron chi connectivity index (χ0n) is 11.8. The minimum Gasteiger partial charge on any atom is -0.460 e. The van der Waals surface area contributed by atoms with Crippen molar-refractivity contribution in [2.45, 2.75) is 19.3 Å². The van der Waals surface area contributed by atoms with Crippen molar-refractivity contribution in [3.63, 3.8) is 0 Å². The lowest BCUT2D eigenvalue weighted by Crippen LogP contribution is -2.18. The predicted molar refractivity (Wildman–Crippen MR) is 86.8 cm³/mol. The number of nitrogens with one attached hydrogen (secondary N) is 1. The first-order chi connectivity index (χ1) is 10.5. The Kier molecular flexibility index (Phi) is 4.23. The smallest absolute Gasteiger partial charge is 0.272 e. The zero-order chi connectivity index (χ0) is 15.7. The van der Waals surface area contributed by atoms with Gasteiger partial charge in [0.1, 0.15) is 11.5 Å². The number of hydrogen-bond donors (Lipinski definition) is 1. The van der Waals surface area contributed by atoms with Crippen molar-refractivity contribution in [1.29, 1.82) is 0 Å². The van der Waals surface area contributed by atoms with E-state index in [0.29, 0.717) is 27.6 Å². The van der Waals surface area contributed by atoms with E-state index in [4.69, 9.17) is 27.6 Å². The molecule has 1 fully saturated rings. The molecule has 1 amide bonds. The van der Waals surface area contributed by atoms with E-state index in [2.05, 4.69) is 17.5 Å². The minimum atomic E-state index is -0.425. The van der Waals surface area contributed by atoms with Gasteiger partial charge in [-0.15, -0.1) is 0 Å². The van der Waals surface area contributed by atoms with Crippen LogP contribution in [-0.2, 0) is 0 Å². The molecule has 0 saturated heterocycles. The van der Waals surface area contributed by atoms with Crippen LogP contribution >= 0.6 is 23.2 Å². The summed E-state index contributed by atoms with van der Waals surface area (Å²) in [6, 6.07) is 8.47. The van der Waals surface area contributed by atoms with Crippen molar-refractivity contribution < 1.29 is 9.21 Å². The Bertz CT molecular complexity index is 739. The normalized spacial score (nSPS) is 20.3. The number of carbonyl (C=O) groups excluding carboxylic acids is 1. The van der Waals surface area contributed by atoms with Crippen molar-refractivity contribution in [3.8, 4) is 0 Å². The molecule has 1 aliphatic rings. The van der Waals surface area contributed by atoms with Gasteiger partial charge in [-0.3, -0.25) is 4.79 Å². The third-order valence-electron chi connectivity index (χ3n) is 3.65. The lowest BCUT2D eigenvalue weighted by Gasteiger charge is -2.02. The first-order valence-electron chi connectivity index (χ1n) is 6.93. The minimum absolute atomic E-state index is 0.276. The molecule has 1 aromatic carbocycles. The second-order valence-electron chi connectivity index (χ2n) is 5.38. The van der Waals surface area contributed by atoms with Gasteiger partial charge in [0.05, 0.1) is 16.8 Å². The Labute approximate surface area is 138 Å². The van der Waals surface area contributed by atoms with Gasteiger partial charge >= 0.3 is 0 Å². The molecule has 114 valence electrons. The van der Waals surface area contributed by atoms with Gasteiger partial charge in [0.2, 0.25) is 0 Å². The summed E-state index contributed by atoms with van der Waals surface area (Å²) >= 11 is 11.8. The van der Waals surface area contributed by atoms with E-state index >= 15 is 0 Å². The van der Waals surface area contributed by atoms with E-state index in [9.17, 15) is 4.79 Å². The van der Waals surface area contributed by atoms with Gasteiger partial charge in [0.25, 0.3) is 5.91 Å². The summed E-state index contributed by atoms with van der Waals surface area (Å²) in [7, 11) is 0. The van der Waals surface area contributed by atoms with Crippen molar-refractivity contribution >= 4 is 35.3 Å².